The van der Waals surface area contributed by atoms with Gasteiger partial charge in [0.1, 0.15) is 0 Å². The first-order valence-electron chi connectivity index (χ1n) is 6.60. The molecule has 0 saturated carbocycles. The van der Waals surface area contributed by atoms with Crippen LogP contribution >= 0.6 is 0 Å². The van der Waals surface area contributed by atoms with Crippen LogP contribution in [0.1, 0.15) is 25.8 Å². The number of hydrogen-bond acceptors (Lipinski definition) is 2. The zero-order valence-electron chi connectivity index (χ0n) is 11.3. The molecule has 1 heterocycles. The highest BCUT2D eigenvalue weighted by molar-refractivity contribution is 5.95. The fourth-order valence-corrected chi connectivity index (χ4v) is 2.46. The number of rotatable bonds is 3. The molecule has 19 heavy (non-hydrogen) atoms. The van der Waals surface area contributed by atoms with Crippen molar-refractivity contribution in [2.24, 2.45) is 11.8 Å². The molecule has 0 radical (unpaired) electrons. The number of aliphatic carboxylic acids is 1. The maximum absolute atomic E-state index is 12.3. The third kappa shape index (κ3) is 2.95. The van der Waals surface area contributed by atoms with Crippen LogP contribution in [-0.2, 0) is 16.0 Å². The third-order valence-electron chi connectivity index (χ3n) is 3.38. The summed E-state index contributed by atoms with van der Waals surface area (Å²) >= 11 is 0. The smallest absolute Gasteiger partial charge is 0.308 e. The van der Waals surface area contributed by atoms with Crippen molar-refractivity contribution < 1.29 is 14.7 Å². The van der Waals surface area contributed by atoms with Gasteiger partial charge in [-0.3, -0.25) is 9.59 Å². The second kappa shape index (κ2) is 5.43. The number of amides is 1. The summed E-state index contributed by atoms with van der Waals surface area (Å²) in [6.45, 7) is 4.25. The van der Waals surface area contributed by atoms with Crippen LogP contribution in [0.5, 0.6) is 0 Å². The zero-order valence-corrected chi connectivity index (χ0v) is 11.3. The highest BCUT2D eigenvalue weighted by Crippen LogP contribution is 2.30. The molecule has 0 aliphatic carbocycles. The molecule has 1 amide bonds. The Labute approximate surface area is 113 Å². The quantitative estimate of drug-likeness (QED) is 0.908. The van der Waals surface area contributed by atoms with E-state index in [2.05, 4.69) is 0 Å². The lowest BCUT2D eigenvalue weighted by Crippen LogP contribution is -2.42. The van der Waals surface area contributed by atoms with Gasteiger partial charge in [0.25, 0.3) is 0 Å². The van der Waals surface area contributed by atoms with E-state index in [-0.39, 0.29) is 18.4 Å². The summed E-state index contributed by atoms with van der Waals surface area (Å²) in [7, 11) is 0. The first-order valence-corrected chi connectivity index (χ1v) is 6.60. The van der Waals surface area contributed by atoms with Crippen LogP contribution in [0, 0.1) is 11.8 Å². The molecular weight excluding hydrogens is 242 g/mol. The molecule has 1 aromatic rings. The van der Waals surface area contributed by atoms with Crippen LogP contribution in [0.4, 0.5) is 5.69 Å². The number of benzene rings is 1. The van der Waals surface area contributed by atoms with Crippen molar-refractivity contribution in [2.45, 2.75) is 26.7 Å². The topological polar surface area (TPSA) is 57.6 Å². The predicted molar refractivity (Wildman–Crippen MR) is 73.1 cm³/mol. The number of carboxylic acids is 1. The van der Waals surface area contributed by atoms with Crippen LogP contribution in [0.2, 0.25) is 0 Å². The van der Waals surface area contributed by atoms with E-state index < -0.39 is 11.9 Å². The van der Waals surface area contributed by atoms with E-state index in [1.165, 1.54) is 0 Å². The van der Waals surface area contributed by atoms with Crippen LogP contribution in [0.15, 0.2) is 24.3 Å². The van der Waals surface area contributed by atoms with Gasteiger partial charge in [0.15, 0.2) is 0 Å². The SMILES string of the molecule is CC(C)CC(=O)N1CC(C(=O)O)Cc2ccccc21. The monoisotopic (exact) mass is 261 g/mol. The van der Waals surface area contributed by atoms with Gasteiger partial charge in [0.2, 0.25) is 5.91 Å². The van der Waals surface area contributed by atoms with Crippen molar-refractivity contribution >= 4 is 17.6 Å². The molecule has 1 atom stereocenters. The van der Waals surface area contributed by atoms with Crippen LogP contribution in [-0.4, -0.2) is 23.5 Å². The lowest BCUT2D eigenvalue weighted by molar-refractivity contribution is -0.141. The minimum Gasteiger partial charge on any atom is -0.481 e. The molecule has 0 bridgehead atoms. The highest BCUT2D eigenvalue weighted by atomic mass is 16.4. The van der Waals surface area contributed by atoms with Crippen molar-refractivity contribution in [1.29, 1.82) is 0 Å². The Morgan fingerprint density at radius 3 is 2.68 bits per heavy atom. The molecule has 1 N–H and O–H groups in total. The fraction of sp³-hybridized carbons (Fsp3) is 0.467. The molecule has 1 aromatic carbocycles. The Bertz CT molecular complexity index is 496. The van der Waals surface area contributed by atoms with Gasteiger partial charge in [-0.05, 0) is 24.0 Å². The van der Waals surface area contributed by atoms with Crippen molar-refractivity contribution in [1.82, 2.24) is 0 Å². The maximum Gasteiger partial charge on any atom is 0.308 e. The maximum atomic E-state index is 12.3. The lowest BCUT2D eigenvalue weighted by atomic mass is 9.92. The Kier molecular flexibility index (Phi) is 3.88. The van der Waals surface area contributed by atoms with Gasteiger partial charge in [-0.25, -0.2) is 0 Å². The van der Waals surface area contributed by atoms with E-state index in [1.807, 2.05) is 38.1 Å². The number of anilines is 1. The summed E-state index contributed by atoms with van der Waals surface area (Å²) in [6, 6.07) is 7.56. The number of fused-ring (bicyclic) bond motifs is 1. The largest absolute Gasteiger partial charge is 0.481 e. The Balaban J connectivity index is 2.31. The van der Waals surface area contributed by atoms with E-state index in [1.54, 1.807) is 4.90 Å². The molecule has 102 valence electrons. The van der Waals surface area contributed by atoms with Gasteiger partial charge in [-0.2, -0.15) is 0 Å². The third-order valence-corrected chi connectivity index (χ3v) is 3.38. The summed E-state index contributed by atoms with van der Waals surface area (Å²) < 4.78 is 0. The van der Waals surface area contributed by atoms with E-state index in [9.17, 15) is 14.7 Å². The lowest BCUT2D eigenvalue weighted by Gasteiger charge is -2.33. The van der Waals surface area contributed by atoms with Gasteiger partial charge < -0.3 is 10.0 Å². The standard InChI is InChI=1S/C15H19NO3/c1-10(2)7-14(17)16-9-12(15(18)19)8-11-5-3-4-6-13(11)16/h3-6,10,12H,7-9H2,1-2H3,(H,18,19). The number of carbonyl (C=O) groups excluding carboxylic acids is 1. The van der Waals surface area contributed by atoms with E-state index >= 15 is 0 Å². The van der Waals surface area contributed by atoms with Crippen LogP contribution < -0.4 is 4.90 Å². The molecule has 0 aromatic heterocycles. The van der Waals surface area contributed by atoms with Crippen LogP contribution in [0.3, 0.4) is 0 Å². The summed E-state index contributed by atoms with van der Waals surface area (Å²) in [5, 5.41) is 9.21. The zero-order chi connectivity index (χ0) is 14.0. The molecule has 2 rings (SSSR count). The Hall–Kier alpha value is -1.84. The number of carbonyl (C=O) groups is 2. The average Bonchev–Trinajstić information content (AvgIpc) is 2.36. The number of nitrogens with zero attached hydrogens (tertiary/aromatic N) is 1. The average molecular weight is 261 g/mol. The van der Waals surface area contributed by atoms with E-state index in [4.69, 9.17) is 0 Å². The minimum absolute atomic E-state index is 0.00778. The predicted octanol–water partition coefficient (Wildman–Crippen LogP) is 2.32. The van der Waals surface area contributed by atoms with Crippen molar-refractivity contribution in [3.8, 4) is 0 Å². The molecule has 0 fully saturated rings. The van der Waals surface area contributed by atoms with Gasteiger partial charge >= 0.3 is 5.97 Å². The Morgan fingerprint density at radius 1 is 1.37 bits per heavy atom. The van der Waals surface area contributed by atoms with E-state index in [0.29, 0.717) is 12.8 Å². The number of para-hydroxylation sites is 1. The molecule has 1 unspecified atom stereocenters. The van der Waals surface area contributed by atoms with Gasteiger partial charge in [-0.15, -0.1) is 0 Å². The molecule has 0 saturated heterocycles. The van der Waals surface area contributed by atoms with Crippen molar-refractivity contribution in [3.63, 3.8) is 0 Å². The first kappa shape index (κ1) is 13.6. The Morgan fingerprint density at radius 2 is 2.05 bits per heavy atom. The second-order valence-corrected chi connectivity index (χ2v) is 5.47. The summed E-state index contributed by atoms with van der Waals surface area (Å²) in [5.41, 5.74) is 1.81. The molecule has 1 aliphatic heterocycles. The van der Waals surface area contributed by atoms with Crippen molar-refractivity contribution in [3.05, 3.63) is 29.8 Å². The molecule has 4 heteroatoms. The number of carboxylic acid groups (broad SMARTS) is 1. The summed E-state index contributed by atoms with van der Waals surface area (Å²) in [5.74, 6) is -1.07. The van der Waals surface area contributed by atoms with Crippen molar-refractivity contribution in [2.75, 3.05) is 11.4 Å². The minimum atomic E-state index is -0.836. The van der Waals surface area contributed by atoms with Gasteiger partial charge in [0.05, 0.1) is 5.92 Å². The normalized spacial score (nSPS) is 18.3. The molecular formula is C15H19NO3. The molecule has 0 spiro atoms. The molecule has 1 aliphatic rings. The summed E-state index contributed by atoms with van der Waals surface area (Å²) in [4.78, 5) is 25.1. The fourth-order valence-electron chi connectivity index (χ4n) is 2.46. The first-order chi connectivity index (χ1) is 8.99. The summed E-state index contributed by atoms with van der Waals surface area (Å²) in [6.07, 6.45) is 0.942. The van der Waals surface area contributed by atoms with Gasteiger partial charge in [0, 0.05) is 18.7 Å². The molecule has 4 nitrogen and oxygen atoms in total. The van der Waals surface area contributed by atoms with Gasteiger partial charge in [-0.1, -0.05) is 32.0 Å². The highest BCUT2D eigenvalue weighted by Gasteiger charge is 2.31. The number of hydrogen-bond donors (Lipinski definition) is 1. The van der Waals surface area contributed by atoms with E-state index in [0.717, 1.165) is 11.3 Å². The second-order valence-electron chi connectivity index (χ2n) is 5.47. The van der Waals surface area contributed by atoms with Crippen LogP contribution in [0.25, 0.3) is 0 Å².